The second kappa shape index (κ2) is 3.96. The van der Waals surface area contributed by atoms with E-state index in [-0.39, 0.29) is 0 Å². The Morgan fingerprint density at radius 3 is 2.63 bits per heavy atom. The van der Waals surface area contributed by atoms with Crippen LogP contribution in [-0.2, 0) is 6.42 Å². The Morgan fingerprint density at radius 2 is 1.79 bits per heavy atom. The first-order chi connectivity index (χ1) is 9.34. The van der Waals surface area contributed by atoms with Crippen LogP contribution in [0.2, 0.25) is 0 Å². The summed E-state index contributed by atoms with van der Waals surface area (Å²) in [5.41, 5.74) is 8.77. The van der Waals surface area contributed by atoms with Crippen molar-refractivity contribution >= 4 is 0 Å². The molecule has 0 heteroatoms. The van der Waals surface area contributed by atoms with Crippen LogP contribution in [0.1, 0.15) is 29.5 Å². The third kappa shape index (κ3) is 1.53. The van der Waals surface area contributed by atoms with Gasteiger partial charge in [-0.15, -0.1) is 0 Å². The lowest BCUT2D eigenvalue weighted by atomic mass is 9.88. The van der Waals surface area contributed by atoms with Gasteiger partial charge in [0, 0.05) is 5.92 Å². The number of hydrogen-bond acceptors (Lipinski definition) is 0. The highest BCUT2D eigenvalue weighted by Gasteiger charge is 2.24. The third-order valence-electron chi connectivity index (χ3n) is 4.38. The molecule has 19 heavy (non-hydrogen) atoms. The average molecular weight is 244 g/mol. The molecule has 0 aliphatic heterocycles. The minimum Gasteiger partial charge on any atom is -0.0730 e. The predicted octanol–water partition coefficient (Wildman–Crippen LogP) is 4.86. The maximum absolute atomic E-state index is 2.31. The minimum absolute atomic E-state index is 0.476. The van der Waals surface area contributed by atoms with E-state index < -0.39 is 0 Å². The summed E-state index contributed by atoms with van der Waals surface area (Å²) < 4.78 is 0. The van der Waals surface area contributed by atoms with Gasteiger partial charge >= 0.3 is 0 Å². The van der Waals surface area contributed by atoms with Crippen molar-refractivity contribution in [3.05, 3.63) is 83.0 Å². The Hall–Kier alpha value is -2.08. The first-order valence-electron chi connectivity index (χ1n) is 6.89. The van der Waals surface area contributed by atoms with Crippen molar-refractivity contribution in [3.8, 4) is 11.1 Å². The van der Waals surface area contributed by atoms with Crippen molar-refractivity contribution in [2.24, 2.45) is 0 Å². The highest BCUT2D eigenvalue weighted by atomic mass is 14.3. The molecule has 2 aromatic carbocycles. The Morgan fingerprint density at radius 1 is 0.947 bits per heavy atom. The number of hydrogen-bond donors (Lipinski definition) is 0. The van der Waals surface area contributed by atoms with Gasteiger partial charge in [-0.1, -0.05) is 66.3 Å². The van der Waals surface area contributed by atoms with Crippen molar-refractivity contribution in [1.29, 1.82) is 0 Å². The number of rotatable bonds is 1. The molecule has 0 saturated heterocycles. The van der Waals surface area contributed by atoms with E-state index in [2.05, 4.69) is 67.6 Å². The largest absolute Gasteiger partial charge is 0.0730 e. The van der Waals surface area contributed by atoms with E-state index >= 15 is 0 Å². The molecule has 0 heterocycles. The number of benzene rings is 2. The van der Waals surface area contributed by atoms with Crippen molar-refractivity contribution in [3.63, 3.8) is 0 Å². The molecule has 0 nitrogen and oxygen atoms in total. The van der Waals surface area contributed by atoms with Crippen molar-refractivity contribution in [2.45, 2.75) is 19.3 Å². The van der Waals surface area contributed by atoms with Crippen molar-refractivity contribution < 1.29 is 0 Å². The highest BCUT2D eigenvalue weighted by molar-refractivity contribution is 5.78. The predicted molar refractivity (Wildman–Crippen MR) is 80.3 cm³/mol. The van der Waals surface area contributed by atoms with Gasteiger partial charge in [0.1, 0.15) is 0 Å². The standard InChI is InChI=1S/C19H16/c1-13-6-4-9-15(13)17-10-5-11-18-16-8-3-2-7-14(16)12-19(17)18/h2-11,15H,12H2,1H3. The molecule has 2 aromatic rings. The Balaban J connectivity index is 1.90. The van der Waals surface area contributed by atoms with E-state index in [1.807, 2.05) is 0 Å². The van der Waals surface area contributed by atoms with Crippen LogP contribution in [-0.4, -0.2) is 0 Å². The van der Waals surface area contributed by atoms with Gasteiger partial charge in [0.05, 0.1) is 0 Å². The van der Waals surface area contributed by atoms with E-state index in [1.165, 1.54) is 33.4 Å². The van der Waals surface area contributed by atoms with Crippen LogP contribution in [0.15, 0.2) is 66.3 Å². The molecule has 1 atom stereocenters. The van der Waals surface area contributed by atoms with E-state index in [4.69, 9.17) is 0 Å². The highest BCUT2D eigenvalue weighted by Crippen LogP contribution is 2.42. The normalized spacial score (nSPS) is 19.2. The van der Waals surface area contributed by atoms with Crippen LogP contribution in [0.3, 0.4) is 0 Å². The molecular weight excluding hydrogens is 228 g/mol. The SMILES string of the molecule is CC1=CC=CC1c1cccc2c1Cc1ccccc1-2. The number of fused-ring (bicyclic) bond motifs is 3. The lowest BCUT2D eigenvalue weighted by Gasteiger charge is -2.15. The zero-order chi connectivity index (χ0) is 12.8. The summed E-state index contributed by atoms with van der Waals surface area (Å²) in [7, 11) is 0. The molecule has 2 aliphatic carbocycles. The molecule has 1 unspecified atom stereocenters. The lowest BCUT2D eigenvalue weighted by Crippen LogP contribution is -1.99. The first kappa shape index (κ1) is 10.8. The molecule has 0 spiro atoms. The number of allylic oxidation sites excluding steroid dienone is 4. The second-order valence-corrected chi connectivity index (χ2v) is 5.48. The van der Waals surface area contributed by atoms with E-state index in [9.17, 15) is 0 Å². The fourth-order valence-electron chi connectivity index (χ4n) is 3.40. The van der Waals surface area contributed by atoms with Crippen LogP contribution in [0, 0.1) is 0 Å². The maximum atomic E-state index is 2.31. The van der Waals surface area contributed by atoms with Gasteiger partial charge in [-0.2, -0.15) is 0 Å². The minimum atomic E-state index is 0.476. The molecule has 4 rings (SSSR count). The van der Waals surface area contributed by atoms with Gasteiger partial charge in [0.25, 0.3) is 0 Å². The van der Waals surface area contributed by atoms with Gasteiger partial charge in [-0.25, -0.2) is 0 Å². The summed E-state index contributed by atoms with van der Waals surface area (Å²) in [5.74, 6) is 0.476. The van der Waals surface area contributed by atoms with Crippen LogP contribution in [0.25, 0.3) is 11.1 Å². The summed E-state index contributed by atoms with van der Waals surface area (Å²) >= 11 is 0. The summed E-state index contributed by atoms with van der Waals surface area (Å²) in [6.07, 6.45) is 7.81. The van der Waals surface area contributed by atoms with Crippen LogP contribution in [0.4, 0.5) is 0 Å². The molecule has 0 radical (unpaired) electrons. The molecule has 0 bridgehead atoms. The summed E-state index contributed by atoms with van der Waals surface area (Å²) in [6.45, 7) is 2.23. The fraction of sp³-hybridized carbons (Fsp3) is 0.158. The molecule has 0 N–H and O–H groups in total. The second-order valence-electron chi connectivity index (χ2n) is 5.48. The topological polar surface area (TPSA) is 0 Å². The Labute approximate surface area is 114 Å². The van der Waals surface area contributed by atoms with Crippen LogP contribution >= 0.6 is 0 Å². The molecule has 92 valence electrons. The average Bonchev–Trinajstić information content (AvgIpc) is 3.02. The first-order valence-corrected chi connectivity index (χ1v) is 6.89. The molecule has 0 amide bonds. The summed E-state index contributed by atoms with van der Waals surface area (Å²) in [5, 5.41) is 0. The smallest absolute Gasteiger partial charge is 0.0234 e. The monoisotopic (exact) mass is 244 g/mol. The molecule has 0 saturated carbocycles. The lowest BCUT2D eigenvalue weighted by molar-refractivity contribution is 0.985. The third-order valence-corrected chi connectivity index (χ3v) is 4.38. The van der Waals surface area contributed by atoms with Crippen molar-refractivity contribution in [2.75, 3.05) is 0 Å². The van der Waals surface area contributed by atoms with Gasteiger partial charge in [-0.05, 0) is 41.2 Å². The van der Waals surface area contributed by atoms with Gasteiger partial charge in [-0.3, -0.25) is 0 Å². The van der Waals surface area contributed by atoms with E-state index in [0.717, 1.165) is 6.42 Å². The van der Waals surface area contributed by atoms with Crippen molar-refractivity contribution in [1.82, 2.24) is 0 Å². The van der Waals surface area contributed by atoms with Crippen LogP contribution < -0.4 is 0 Å². The van der Waals surface area contributed by atoms with Gasteiger partial charge in [0.15, 0.2) is 0 Å². The molecule has 0 fully saturated rings. The summed E-state index contributed by atoms with van der Waals surface area (Å²) in [4.78, 5) is 0. The zero-order valence-electron chi connectivity index (χ0n) is 11.1. The summed E-state index contributed by atoms with van der Waals surface area (Å²) in [6, 6.07) is 15.6. The fourth-order valence-corrected chi connectivity index (χ4v) is 3.40. The molecule has 0 aromatic heterocycles. The zero-order valence-corrected chi connectivity index (χ0v) is 11.1. The maximum Gasteiger partial charge on any atom is 0.0234 e. The van der Waals surface area contributed by atoms with Gasteiger partial charge in [0.2, 0.25) is 0 Å². The molecule has 2 aliphatic rings. The molecular formula is C19H16. The van der Waals surface area contributed by atoms with Gasteiger partial charge < -0.3 is 0 Å². The Bertz CT molecular complexity index is 717. The van der Waals surface area contributed by atoms with Crippen LogP contribution in [0.5, 0.6) is 0 Å². The quantitative estimate of drug-likeness (QED) is 0.573. The van der Waals surface area contributed by atoms with E-state index in [1.54, 1.807) is 0 Å². The van der Waals surface area contributed by atoms with E-state index in [0.29, 0.717) is 5.92 Å². The Kier molecular flexibility index (Phi) is 2.25.